The fraction of sp³-hybridized carbons (Fsp3) is 0.182. The van der Waals surface area contributed by atoms with E-state index in [0.29, 0.717) is 12.1 Å². The molecular weight excluding hydrogens is 313 g/mol. The van der Waals surface area contributed by atoms with Gasteiger partial charge in [-0.05, 0) is 47.9 Å². The van der Waals surface area contributed by atoms with Crippen molar-refractivity contribution in [1.82, 2.24) is 5.32 Å². The van der Waals surface area contributed by atoms with Crippen molar-refractivity contribution in [3.05, 3.63) is 89.7 Å². The zero-order valence-electron chi connectivity index (χ0n) is 14.5. The Hall–Kier alpha value is -2.65. The molecule has 0 spiro atoms. The summed E-state index contributed by atoms with van der Waals surface area (Å²) in [5, 5.41) is 3.39. The number of benzene rings is 3. The van der Waals surface area contributed by atoms with Gasteiger partial charge in [0.1, 0.15) is 11.6 Å². The van der Waals surface area contributed by atoms with Crippen molar-refractivity contribution >= 4 is 0 Å². The Morgan fingerprint density at radius 2 is 1.72 bits per heavy atom. The lowest BCUT2D eigenvalue weighted by Crippen LogP contribution is -2.18. The molecule has 2 nitrogen and oxygen atoms in total. The highest BCUT2D eigenvalue weighted by atomic mass is 19.1. The topological polar surface area (TPSA) is 21.3 Å². The van der Waals surface area contributed by atoms with E-state index in [1.165, 1.54) is 6.07 Å². The van der Waals surface area contributed by atoms with Gasteiger partial charge in [0.2, 0.25) is 0 Å². The van der Waals surface area contributed by atoms with Crippen molar-refractivity contribution in [1.29, 1.82) is 0 Å². The second-order valence-corrected chi connectivity index (χ2v) is 6.05. The van der Waals surface area contributed by atoms with E-state index in [0.717, 1.165) is 22.4 Å². The Kier molecular flexibility index (Phi) is 5.46. The minimum Gasteiger partial charge on any atom is -0.497 e. The summed E-state index contributed by atoms with van der Waals surface area (Å²) in [5.41, 5.74) is 3.88. The molecule has 0 unspecified atom stereocenters. The maximum atomic E-state index is 14.2. The van der Waals surface area contributed by atoms with Gasteiger partial charge < -0.3 is 10.1 Å². The Morgan fingerprint density at radius 3 is 2.48 bits per heavy atom. The minimum absolute atomic E-state index is 0.0925. The van der Waals surface area contributed by atoms with Gasteiger partial charge in [-0.2, -0.15) is 0 Å². The van der Waals surface area contributed by atoms with Crippen LogP contribution in [0, 0.1) is 5.82 Å². The van der Waals surface area contributed by atoms with E-state index in [1.807, 2.05) is 66.7 Å². The fourth-order valence-electron chi connectivity index (χ4n) is 2.81. The molecule has 0 saturated carbocycles. The first kappa shape index (κ1) is 17.2. The molecule has 0 amide bonds. The first-order chi connectivity index (χ1) is 12.2. The van der Waals surface area contributed by atoms with Crippen LogP contribution in [0.2, 0.25) is 0 Å². The number of methoxy groups -OCH3 is 1. The molecule has 0 heterocycles. The molecule has 0 saturated heterocycles. The average Bonchev–Trinajstić information content (AvgIpc) is 2.67. The molecule has 0 aliphatic rings. The molecule has 0 aliphatic carbocycles. The summed E-state index contributed by atoms with van der Waals surface area (Å²) in [4.78, 5) is 0. The number of nitrogens with one attached hydrogen (secondary N) is 1. The summed E-state index contributed by atoms with van der Waals surface area (Å²) >= 11 is 0. The van der Waals surface area contributed by atoms with E-state index >= 15 is 0 Å². The number of hydrogen-bond donors (Lipinski definition) is 1. The lowest BCUT2D eigenvalue weighted by Gasteiger charge is -2.16. The number of hydrogen-bond acceptors (Lipinski definition) is 2. The molecule has 1 N–H and O–H groups in total. The van der Waals surface area contributed by atoms with Crippen molar-refractivity contribution in [2.45, 2.75) is 19.5 Å². The van der Waals surface area contributed by atoms with E-state index in [1.54, 1.807) is 7.11 Å². The molecule has 3 heteroatoms. The van der Waals surface area contributed by atoms with Crippen LogP contribution in [-0.4, -0.2) is 7.11 Å². The third-order valence-corrected chi connectivity index (χ3v) is 4.35. The third-order valence-electron chi connectivity index (χ3n) is 4.35. The van der Waals surface area contributed by atoms with E-state index in [4.69, 9.17) is 4.74 Å². The first-order valence-corrected chi connectivity index (χ1v) is 8.38. The molecule has 0 bridgehead atoms. The fourth-order valence-corrected chi connectivity index (χ4v) is 2.81. The summed E-state index contributed by atoms with van der Waals surface area (Å²) in [7, 11) is 1.65. The smallest absolute Gasteiger partial charge is 0.127 e. The molecule has 0 fully saturated rings. The Morgan fingerprint density at radius 1 is 0.920 bits per heavy atom. The second kappa shape index (κ2) is 7.95. The van der Waals surface area contributed by atoms with Crippen molar-refractivity contribution in [3.63, 3.8) is 0 Å². The molecule has 128 valence electrons. The summed E-state index contributed by atoms with van der Waals surface area (Å²) in [6, 6.07) is 23.3. The summed E-state index contributed by atoms with van der Waals surface area (Å²) < 4.78 is 19.5. The average molecular weight is 335 g/mol. The van der Waals surface area contributed by atoms with Gasteiger partial charge in [0.25, 0.3) is 0 Å². The molecular formula is C22H22FNO. The summed E-state index contributed by atoms with van der Waals surface area (Å²) in [6.45, 7) is 2.53. The van der Waals surface area contributed by atoms with Crippen LogP contribution in [0.25, 0.3) is 11.1 Å². The van der Waals surface area contributed by atoms with E-state index < -0.39 is 0 Å². The molecule has 3 aromatic rings. The van der Waals surface area contributed by atoms with Crippen molar-refractivity contribution in [2.75, 3.05) is 7.11 Å². The van der Waals surface area contributed by atoms with Gasteiger partial charge >= 0.3 is 0 Å². The van der Waals surface area contributed by atoms with Crippen molar-refractivity contribution in [3.8, 4) is 16.9 Å². The Bertz CT molecular complexity index is 832. The SMILES string of the molecule is COc1cccc([C@@H](C)NCc2cc(-c3ccccc3)ccc2F)c1. The lowest BCUT2D eigenvalue weighted by atomic mass is 10.0. The lowest BCUT2D eigenvalue weighted by molar-refractivity contribution is 0.413. The standard InChI is InChI=1S/C22H22FNO/c1-16(18-9-6-10-21(14-18)25-2)24-15-20-13-19(11-12-22(20)23)17-7-4-3-5-8-17/h3-14,16,24H,15H2,1-2H3/t16-/m1/s1. The molecule has 0 aliphatic heterocycles. The molecule has 1 atom stereocenters. The molecule has 3 rings (SSSR count). The van der Waals surface area contributed by atoms with Gasteiger partial charge in [-0.1, -0.05) is 48.5 Å². The van der Waals surface area contributed by atoms with Gasteiger partial charge in [0.05, 0.1) is 7.11 Å². The first-order valence-electron chi connectivity index (χ1n) is 8.38. The third kappa shape index (κ3) is 4.25. The van der Waals surface area contributed by atoms with Crippen LogP contribution in [0.4, 0.5) is 4.39 Å². The van der Waals surface area contributed by atoms with Crippen LogP contribution in [0.15, 0.2) is 72.8 Å². The highest BCUT2D eigenvalue weighted by Crippen LogP contribution is 2.23. The highest BCUT2D eigenvalue weighted by molar-refractivity contribution is 5.64. The monoisotopic (exact) mass is 335 g/mol. The van der Waals surface area contributed by atoms with E-state index in [9.17, 15) is 4.39 Å². The zero-order valence-corrected chi connectivity index (χ0v) is 14.5. The van der Waals surface area contributed by atoms with Gasteiger partial charge in [0, 0.05) is 18.2 Å². The van der Waals surface area contributed by atoms with Crippen LogP contribution in [-0.2, 0) is 6.54 Å². The van der Waals surface area contributed by atoms with Crippen LogP contribution >= 0.6 is 0 Å². The quantitative estimate of drug-likeness (QED) is 0.655. The van der Waals surface area contributed by atoms with Crippen molar-refractivity contribution in [2.24, 2.45) is 0 Å². The largest absolute Gasteiger partial charge is 0.497 e. The zero-order chi connectivity index (χ0) is 17.6. The number of ether oxygens (including phenoxy) is 1. The second-order valence-electron chi connectivity index (χ2n) is 6.05. The van der Waals surface area contributed by atoms with Gasteiger partial charge in [0.15, 0.2) is 0 Å². The highest BCUT2D eigenvalue weighted by Gasteiger charge is 2.09. The molecule has 25 heavy (non-hydrogen) atoms. The summed E-state index contributed by atoms with van der Waals surface area (Å²) in [5.74, 6) is 0.633. The maximum Gasteiger partial charge on any atom is 0.127 e. The molecule has 0 aromatic heterocycles. The Labute approximate surface area is 148 Å². The van der Waals surface area contributed by atoms with Crippen LogP contribution in [0.3, 0.4) is 0 Å². The van der Waals surface area contributed by atoms with Crippen LogP contribution < -0.4 is 10.1 Å². The number of rotatable bonds is 6. The molecule has 0 radical (unpaired) electrons. The minimum atomic E-state index is -0.190. The maximum absolute atomic E-state index is 14.2. The normalized spacial score (nSPS) is 12.0. The van der Waals surface area contributed by atoms with E-state index in [2.05, 4.69) is 12.2 Å². The van der Waals surface area contributed by atoms with E-state index in [-0.39, 0.29) is 11.9 Å². The Balaban J connectivity index is 1.74. The molecule has 3 aromatic carbocycles. The van der Waals surface area contributed by atoms with Crippen molar-refractivity contribution < 1.29 is 9.13 Å². The predicted octanol–water partition coefficient (Wildman–Crippen LogP) is 5.35. The van der Waals surface area contributed by atoms with Gasteiger partial charge in [-0.3, -0.25) is 0 Å². The van der Waals surface area contributed by atoms with Gasteiger partial charge in [-0.25, -0.2) is 4.39 Å². The predicted molar refractivity (Wildman–Crippen MR) is 100 cm³/mol. The van der Waals surface area contributed by atoms with Crippen LogP contribution in [0.5, 0.6) is 5.75 Å². The summed E-state index contributed by atoms with van der Waals surface area (Å²) in [6.07, 6.45) is 0. The van der Waals surface area contributed by atoms with Gasteiger partial charge in [-0.15, -0.1) is 0 Å². The van der Waals surface area contributed by atoms with Crippen LogP contribution in [0.1, 0.15) is 24.1 Å². The number of halogens is 1.